The highest BCUT2D eigenvalue weighted by Crippen LogP contribution is 2.08. The second-order valence-corrected chi connectivity index (χ2v) is 5.31. The highest BCUT2D eigenvalue weighted by molar-refractivity contribution is 5.85. The minimum atomic E-state index is 0. The maximum Gasteiger partial charge on any atom is 0.219 e. The minimum Gasteiger partial charge on any atom is -0.356 e. The fourth-order valence-corrected chi connectivity index (χ4v) is 1.90. The van der Waals surface area contributed by atoms with E-state index in [2.05, 4.69) is 36.5 Å². The fourth-order valence-electron chi connectivity index (χ4n) is 1.90. The summed E-state index contributed by atoms with van der Waals surface area (Å²) in [6.07, 6.45) is 4.51. The van der Waals surface area contributed by atoms with Crippen molar-refractivity contribution in [3.05, 3.63) is 35.4 Å². The molecule has 0 aliphatic heterocycles. The van der Waals surface area contributed by atoms with Crippen LogP contribution in [0.5, 0.6) is 0 Å². The van der Waals surface area contributed by atoms with E-state index < -0.39 is 0 Å². The van der Waals surface area contributed by atoms with Crippen LogP contribution in [0.2, 0.25) is 0 Å². The number of aryl methyl sites for hydroxylation is 2. The number of hydrogen-bond donors (Lipinski definition) is 2. The van der Waals surface area contributed by atoms with Crippen molar-refractivity contribution in [2.75, 3.05) is 6.54 Å². The molecule has 0 aromatic heterocycles. The summed E-state index contributed by atoms with van der Waals surface area (Å²) in [7, 11) is 0. The van der Waals surface area contributed by atoms with Crippen LogP contribution in [-0.2, 0) is 11.2 Å². The zero-order valence-corrected chi connectivity index (χ0v) is 13.3. The van der Waals surface area contributed by atoms with Gasteiger partial charge in [0.1, 0.15) is 0 Å². The molecule has 0 heterocycles. The maximum atomic E-state index is 11.5. The molecule has 0 radical (unpaired) electrons. The third-order valence-corrected chi connectivity index (χ3v) is 3.16. The summed E-state index contributed by atoms with van der Waals surface area (Å²) in [4.78, 5) is 11.5. The molecule has 0 fully saturated rings. The molecule has 3 nitrogen and oxygen atoms in total. The smallest absolute Gasteiger partial charge is 0.219 e. The minimum absolute atomic E-state index is 0. The largest absolute Gasteiger partial charge is 0.356 e. The van der Waals surface area contributed by atoms with Crippen LogP contribution in [0, 0.1) is 6.92 Å². The van der Waals surface area contributed by atoms with E-state index >= 15 is 0 Å². The summed E-state index contributed by atoms with van der Waals surface area (Å²) in [6, 6.07) is 8.75. The Morgan fingerprint density at radius 1 is 1.25 bits per heavy atom. The molecule has 1 rings (SSSR count). The van der Waals surface area contributed by atoms with Crippen LogP contribution in [0.4, 0.5) is 0 Å². The number of halogens is 1. The van der Waals surface area contributed by atoms with E-state index in [1.165, 1.54) is 11.1 Å². The fraction of sp³-hybridized carbons (Fsp3) is 0.562. The van der Waals surface area contributed by atoms with Gasteiger partial charge in [-0.25, -0.2) is 0 Å². The van der Waals surface area contributed by atoms with Gasteiger partial charge in [-0.05, 0) is 45.1 Å². The molecule has 0 bridgehead atoms. The number of unbranched alkanes of at least 4 members (excludes halogenated alkanes) is 1. The van der Waals surface area contributed by atoms with Gasteiger partial charge in [0.15, 0.2) is 0 Å². The van der Waals surface area contributed by atoms with Crippen LogP contribution >= 0.6 is 12.4 Å². The summed E-state index contributed by atoms with van der Waals surface area (Å²) < 4.78 is 0. The molecule has 0 saturated carbocycles. The van der Waals surface area contributed by atoms with Crippen molar-refractivity contribution in [2.24, 2.45) is 5.73 Å². The van der Waals surface area contributed by atoms with Crippen LogP contribution in [0.3, 0.4) is 0 Å². The number of nitrogens with one attached hydrogen (secondary N) is 1. The van der Waals surface area contributed by atoms with E-state index in [9.17, 15) is 4.79 Å². The first kappa shape index (κ1) is 18.9. The van der Waals surface area contributed by atoms with Crippen molar-refractivity contribution < 1.29 is 4.79 Å². The standard InChI is InChI=1S/C16H26N2O.ClH/c1-13-7-9-15(10-8-13)5-3-4-6-16(19)18-12-11-14(2)17;/h7-10,14H,3-6,11-12,17H2,1-2H3,(H,18,19);1H. The molecule has 1 aromatic rings. The van der Waals surface area contributed by atoms with Gasteiger partial charge in [0, 0.05) is 19.0 Å². The van der Waals surface area contributed by atoms with Gasteiger partial charge in [-0.2, -0.15) is 0 Å². The summed E-state index contributed by atoms with van der Waals surface area (Å²) in [5.74, 6) is 0.143. The number of benzene rings is 1. The number of carbonyl (C=O) groups excluding carboxylic acids is 1. The monoisotopic (exact) mass is 298 g/mol. The van der Waals surface area contributed by atoms with Crippen LogP contribution in [-0.4, -0.2) is 18.5 Å². The lowest BCUT2D eigenvalue weighted by Crippen LogP contribution is -2.28. The van der Waals surface area contributed by atoms with Gasteiger partial charge >= 0.3 is 0 Å². The Labute approximate surface area is 128 Å². The van der Waals surface area contributed by atoms with E-state index in [0.717, 1.165) is 25.7 Å². The maximum absolute atomic E-state index is 11.5. The van der Waals surface area contributed by atoms with Crippen molar-refractivity contribution in [2.45, 2.75) is 52.0 Å². The first-order chi connectivity index (χ1) is 9.08. The zero-order chi connectivity index (χ0) is 14.1. The summed E-state index contributed by atoms with van der Waals surface area (Å²) in [5.41, 5.74) is 8.26. The number of amides is 1. The lowest BCUT2D eigenvalue weighted by Gasteiger charge is -2.07. The molecule has 1 amide bonds. The molecule has 1 atom stereocenters. The Morgan fingerprint density at radius 3 is 2.50 bits per heavy atom. The molecular weight excluding hydrogens is 272 g/mol. The van der Waals surface area contributed by atoms with Crippen LogP contribution in [0.25, 0.3) is 0 Å². The summed E-state index contributed by atoms with van der Waals surface area (Å²) in [6.45, 7) is 4.73. The van der Waals surface area contributed by atoms with Crippen LogP contribution < -0.4 is 11.1 Å². The first-order valence-electron chi connectivity index (χ1n) is 7.16. The van der Waals surface area contributed by atoms with E-state index in [-0.39, 0.29) is 24.4 Å². The lowest BCUT2D eigenvalue weighted by atomic mass is 10.1. The van der Waals surface area contributed by atoms with Crippen molar-refractivity contribution >= 4 is 18.3 Å². The first-order valence-corrected chi connectivity index (χ1v) is 7.16. The van der Waals surface area contributed by atoms with Gasteiger partial charge in [-0.1, -0.05) is 29.8 Å². The topological polar surface area (TPSA) is 55.1 Å². The van der Waals surface area contributed by atoms with E-state index in [1.54, 1.807) is 0 Å². The normalized spacial score (nSPS) is 11.6. The molecule has 1 unspecified atom stereocenters. The highest BCUT2D eigenvalue weighted by Gasteiger charge is 2.01. The molecule has 1 aromatic carbocycles. The van der Waals surface area contributed by atoms with E-state index in [4.69, 9.17) is 5.73 Å². The quantitative estimate of drug-likeness (QED) is 0.725. The average molecular weight is 299 g/mol. The second-order valence-electron chi connectivity index (χ2n) is 5.31. The van der Waals surface area contributed by atoms with Crippen molar-refractivity contribution in [1.29, 1.82) is 0 Å². The van der Waals surface area contributed by atoms with E-state index in [1.807, 2.05) is 6.92 Å². The Kier molecular flexibility index (Phi) is 10.1. The summed E-state index contributed by atoms with van der Waals surface area (Å²) >= 11 is 0. The Hall–Kier alpha value is -1.06. The van der Waals surface area contributed by atoms with Gasteiger partial charge < -0.3 is 11.1 Å². The predicted octanol–water partition coefficient (Wildman–Crippen LogP) is 2.98. The van der Waals surface area contributed by atoms with E-state index in [0.29, 0.717) is 13.0 Å². The van der Waals surface area contributed by atoms with Gasteiger partial charge in [0.2, 0.25) is 5.91 Å². The molecule has 0 aliphatic carbocycles. The summed E-state index contributed by atoms with van der Waals surface area (Å²) in [5, 5.41) is 2.90. The molecule has 4 heteroatoms. The van der Waals surface area contributed by atoms with Crippen molar-refractivity contribution in [3.8, 4) is 0 Å². The lowest BCUT2D eigenvalue weighted by molar-refractivity contribution is -0.121. The predicted molar refractivity (Wildman–Crippen MR) is 87.3 cm³/mol. The SMILES string of the molecule is Cc1ccc(CCCCC(=O)NCCC(C)N)cc1.Cl. The molecule has 0 saturated heterocycles. The van der Waals surface area contributed by atoms with Crippen LogP contribution in [0.1, 0.15) is 43.7 Å². The number of rotatable bonds is 8. The number of nitrogens with two attached hydrogens (primary N) is 1. The van der Waals surface area contributed by atoms with Crippen molar-refractivity contribution in [3.63, 3.8) is 0 Å². The van der Waals surface area contributed by atoms with Gasteiger partial charge in [-0.15, -0.1) is 12.4 Å². The second kappa shape index (κ2) is 10.7. The van der Waals surface area contributed by atoms with Crippen molar-refractivity contribution in [1.82, 2.24) is 5.32 Å². The molecular formula is C16H27ClN2O. The Morgan fingerprint density at radius 2 is 1.90 bits per heavy atom. The molecule has 20 heavy (non-hydrogen) atoms. The Bertz CT molecular complexity index is 377. The third kappa shape index (κ3) is 8.94. The van der Waals surface area contributed by atoms with Gasteiger partial charge in [0.25, 0.3) is 0 Å². The highest BCUT2D eigenvalue weighted by atomic mass is 35.5. The molecule has 114 valence electrons. The Balaban J connectivity index is 0.00000361. The average Bonchev–Trinajstić information content (AvgIpc) is 2.36. The molecule has 3 N–H and O–H groups in total. The number of carbonyl (C=O) groups is 1. The third-order valence-electron chi connectivity index (χ3n) is 3.16. The van der Waals surface area contributed by atoms with Gasteiger partial charge in [-0.3, -0.25) is 4.79 Å². The molecule has 0 aliphatic rings. The molecule has 0 spiro atoms. The zero-order valence-electron chi connectivity index (χ0n) is 12.5. The van der Waals surface area contributed by atoms with Gasteiger partial charge in [0.05, 0.1) is 0 Å². The van der Waals surface area contributed by atoms with Crippen LogP contribution in [0.15, 0.2) is 24.3 Å². The number of hydrogen-bond acceptors (Lipinski definition) is 2.